The van der Waals surface area contributed by atoms with Gasteiger partial charge < -0.3 is 9.47 Å². The van der Waals surface area contributed by atoms with Crippen molar-refractivity contribution in [1.29, 1.82) is 0 Å². The Bertz CT molecular complexity index is 938. The molecule has 2 aromatic carbocycles. The van der Waals surface area contributed by atoms with E-state index in [-0.39, 0.29) is 0 Å². The van der Waals surface area contributed by atoms with E-state index in [1.165, 1.54) is 24.0 Å². The van der Waals surface area contributed by atoms with E-state index in [1.807, 2.05) is 29.1 Å². The van der Waals surface area contributed by atoms with Crippen molar-refractivity contribution in [2.45, 2.75) is 31.8 Å². The van der Waals surface area contributed by atoms with Crippen molar-refractivity contribution in [2.75, 3.05) is 19.8 Å². The molecule has 2 aliphatic heterocycles. The SMILES string of the molecule is c1ccc(-n2cc(CN3CCCC3c3ccc4c(c3)OCCCO4)cn2)cc1. The topological polar surface area (TPSA) is 39.5 Å². The van der Waals surface area contributed by atoms with Gasteiger partial charge in [0, 0.05) is 30.8 Å². The van der Waals surface area contributed by atoms with Crippen molar-refractivity contribution >= 4 is 0 Å². The van der Waals surface area contributed by atoms with Gasteiger partial charge in [-0.2, -0.15) is 5.10 Å². The average molecular weight is 375 g/mol. The number of benzene rings is 2. The molecule has 28 heavy (non-hydrogen) atoms. The van der Waals surface area contributed by atoms with Crippen LogP contribution < -0.4 is 9.47 Å². The third-order valence-electron chi connectivity index (χ3n) is 5.56. The molecule has 0 aliphatic carbocycles. The van der Waals surface area contributed by atoms with E-state index in [0.717, 1.165) is 49.9 Å². The Kier molecular flexibility index (Phi) is 4.75. The quantitative estimate of drug-likeness (QED) is 0.679. The first-order valence-corrected chi connectivity index (χ1v) is 10.1. The molecule has 5 rings (SSSR count). The predicted molar refractivity (Wildman–Crippen MR) is 108 cm³/mol. The summed E-state index contributed by atoms with van der Waals surface area (Å²) in [6, 6.07) is 17.1. The molecule has 0 amide bonds. The molecule has 5 nitrogen and oxygen atoms in total. The largest absolute Gasteiger partial charge is 0.490 e. The van der Waals surface area contributed by atoms with Gasteiger partial charge in [-0.15, -0.1) is 0 Å². The molecule has 1 fully saturated rings. The molecule has 5 heteroatoms. The normalized spacial score (nSPS) is 19.5. The molecule has 1 atom stereocenters. The van der Waals surface area contributed by atoms with Gasteiger partial charge in [-0.05, 0) is 49.2 Å². The molecule has 1 saturated heterocycles. The smallest absolute Gasteiger partial charge is 0.161 e. The molecular formula is C23H25N3O2. The predicted octanol–water partition coefficient (Wildman–Crippen LogP) is 4.37. The first-order chi connectivity index (χ1) is 13.9. The Morgan fingerprint density at radius 3 is 2.71 bits per heavy atom. The molecule has 0 bridgehead atoms. The van der Waals surface area contributed by atoms with Crippen molar-refractivity contribution in [2.24, 2.45) is 0 Å². The minimum Gasteiger partial charge on any atom is -0.490 e. The lowest BCUT2D eigenvalue weighted by atomic mass is 10.0. The number of rotatable bonds is 4. The van der Waals surface area contributed by atoms with Gasteiger partial charge in [-0.1, -0.05) is 24.3 Å². The number of aromatic nitrogens is 2. The number of likely N-dealkylation sites (tertiary alicyclic amines) is 1. The molecule has 144 valence electrons. The lowest BCUT2D eigenvalue weighted by Gasteiger charge is -2.25. The van der Waals surface area contributed by atoms with Crippen molar-refractivity contribution in [3.8, 4) is 17.2 Å². The highest BCUT2D eigenvalue weighted by Gasteiger charge is 2.27. The Morgan fingerprint density at radius 2 is 1.82 bits per heavy atom. The third-order valence-corrected chi connectivity index (χ3v) is 5.56. The Morgan fingerprint density at radius 1 is 0.964 bits per heavy atom. The van der Waals surface area contributed by atoms with Gasteiger partial charge in [0.2, 0.25) is 0 Å². The van der Waals surface area contributed by atoms with Crippen LogP contribution in [-0.4, -0.2) is 34.4 Å². The molecule has 0 radical (unpaired) electrons. The summed E-state index contributed by atoms with van der Waals surface area (Å²) < 4.78 is 13.6. The Labute approximate surface area is 165 Å². The second-order valence-corrected chi connectivity index (χ2v) is 7.51. The lowest BCUT2D eigenvalue weighted by molar-refractivity contribution is 0.247. The fraction of sp³-hybridized carbons (Fsp3) is 0.348. The first-order valence-electron chi connectivity index (χ1n) is 10.1. The third kappa shape index (κ3) is 3.50. The molecule has 0 N–H and O–H groups in total. The van der Waals surface area contributed by atoms with Crippen LogP contribution in [0.15, 0.2) is 60.9 Å². The van der Waals surface area contributed by atoms with E-state index in [9.17, 15) is 0 Å². The Hall–Kier alpha value is -2.79. The van der Waals surface area contributed by atoms with Gasteiger partial charge in [-0.3, -0.25) is 4.90 Å². The molecular weight excluding hydrogens is 350 g/mol. The van der Waals surface area contributed by atoms with Crippen molar-refractivity contribution in [1.82, 2.24) is 14.7 Å². The van der Waals surface area contributed by atoms with Crippen LogP contribution in [0.1, 0.15) is 36.4 Å². The molecule has 3 aromatic rings. The maximum Gasteiger partial charge on any atom is 0.161 e. The van der Waals surface area contributed by atoms with Crippen LogP contribution >= 0.6 is 0 Å². The monoisotopic (exact) mass is 375 g/mol. The minimum atomic E-state index is 0.414. The molecule has 2 aliphatic rings. The number of nitrogens with zero attached hydrogens (tertiary/aromatic N) is 3. The summed E-state index contributed by atoms with van der Waals surface area (Å²) >= 11 is 0. The van der Waals surface area contributed by atoms with Gasteiger partial charge in [0.15, 0.2) is 11.5 Å². The lowest BCUT2D eigenvalue weighted by Crippen LogP contribution is -2.22. The second kappa shape index (κ2) is 7.68. The standard InChI is InChI=1S/C23H25N3O2/c1-2-6-20(7-3-1)26-17-18(15-24-26)16-25-11-4-8-21(25)19-9-10-22-23(14-19)28-13-5-12-27-22/h1-3,6-7,9-10,14-15,17,21H,4-5,8,11-13,16H2. The number of hydrogen-bond acceptors (Lipinski definition) is 4. The summed E-state index contributed by atoms with van der Waals surface area (Å²) in [5, 5.41) is 4.55. The van der Waals surface area contributed by atoms with E-state index < -0.39 is 0 Å². The van der Waals surface area contributed by atoms with E-state index >= 15 is 0 Å². The minimum absolute atomic E-state index is 0.414. The molecule has 1 aromatic heterocycles. The maximum atomic E-state index is 5.90. The van der Waals surface area contributed by atoms with E-state index in [4.69, 9.17) is 9.47 Å². The molecule has 1 unspecified atom stereocenters. The number of para-hydroxylation sites is 1. The van der Waals surface area contributed by atoms with Crippen molar-refractivity contribution < 1.29 is 9.47 Å². The van der Waals surface area contributed by atoms with E-state index in [2.05, 4.69) is 46.5 Å². The fourth-order valence-electron chi connectivity index (χ4n) is 4.18. The van der Waals surface area contributed by atoms with Crippen LogP contribution in [-0.2, 0) is 6.54 Å². The van der Waals surface area contributed by atoms with Gasteiger partial charge in [0.25, 0.3) is 0 Å². The second-order valence-electron chi connectivity index (χ2n) is 7.51. The average Bonchev–Trinajstić information content (AvgIpc) is 3.33. The van der Waals surface area contributed by atoms with Gasteiger partial charge >= 0.3 is 0 Å². The number of fused-ring (bicyclic) bond motifs is 1. The summed E-state index contributed by atoms with van der Waals surface area (Å²) in [6.07, 6.45) is 7.44. The highest BCUT2D eigenvalue weighted by atomic mass is 16.5. The van der Waals surface area contributed by atoms with E-state index in [1.54, 1.807) is 0 Å². The summed E-state index contributed by atoms with van der Waals surface area (Å²) in [5.41, 5.74) is 3.65. The molecule has 0 saturated carbocycles. The summed E-state index contributed by atoms with van der Waals surface area (Å²) in [4.78, 5) is 2.55. The Balaban J connectivity index is 1.34. The number of hydrogen-bond donors (Lipinski definition) is 0. The van der Waals surface area contributed by atoms with Crippen molar-refractivity contribution in [3.63, 3.8) is 0 Å². The molecule has 0 spiro atoms. The zero-order chi connectivity index (χ0) is 18.8. The summed E-state index contributed by atoms with van der Waals surface area (Å²) in [6.45, 7) is 3.47. The van der Waals surface area contributed by atoms with Crippen LogP contribution in [0.5, 0.6) is 11.5 Å². The van der Waals surface area contributed by atoms with Gasteiger partial charge in [0.05, 0.1) is 25.1 Å². The van der Waals surface area contributed by atoms with Crippen LogP contribution in [0.3, 0.4) is 0 Å². The fourth-order valence-corrected chi connectivity index (χ4v) is 4.18. The van der Waals surface area contributed by atoms with Crippen LogP contribution in [0.4, 0.5) is 0 Å². The zero-order valence-electron chi connectivity index (χ0n) is 16.0. The summed E-state index contributed by atoms with van der Waals surface area (Å²) in [5.74, 6) is 1.76. The molecule has 3 heterocycles. The van der Waals surface area contributed by atoms with Crippen molar-refractivity contribution in [3.05, 3.63) is 72.1 Å². The highest BCUT2D eigenvalue weighted by Crippen LogP contribution is 2.38. The van der Waals surface area contributed by atoms with Gasteiger partial charge in [0.1, 0.15) is 0 Å². The summed E-state index contributed by atoms with van der Waals surface area (Å²) in [7, 11) is 0. The van der Waals surface area contributed by atoms with E-state index in [0.29, 0.717) is 6.04 Å². The maximum absolute atomic E-state index is 5.90. The zero-order valence-corrected chi connectivity index (χ0v) is 16.0. The van der Waals surface area contributed by atoms with Gasteiger partial charge in [-0.25, -0.2) is 4.68 Å². The van der Waals surface area contributed by atoms with Crippen LogP contribution in [0, 0.1) is 0 Å². The highest BCUT2D eigenvalue weighted by molar-refractivity contribution is 5.44. The van der Waals surface area contributed by atoms with Crippen LogP contribution in [0.25, 0.3) is 5.69 Å². The first kappa shape index (κ1) is 17.3. The number of ether oxygens (including phenoxy) is 2. The van der Waals surface area contributed by atoms with Crippen LogP contribution in [0.2, 0.25) is 0 Å².